The van der Waals surface area contributed by atoms with Crippen LogP contribution < -0.4 is 5.32 Å². The lowest BCUT2D eigenvalue weighted by atomic mass is 9.85. The minimum Gasteiger partial charge on any atom is -0.508 e. The Morgan fingerprint density at radius 3 is 2.88 bits per heavy atom. The maximum absolute atomic E-state index is 11.6. The molecule has 1 fully saturated rings. The van der Waals surface area contributed by atoms with Crippen LogP contribution in [0.5, 0.6) is 5.75 Å². The van der Waals surface area contributed by atoms with Crippen LogP contribution in [-0.2, 0) is 11.2 Å². The van der Waals surface area contributed by atoms with Gasteiger partial charge in [-0.2, -0.15) is 0 Å². The minimum absolute atomic E-state index is 0.0394. The largest absolute Gasteiger partial charge is 0.508 e. The zero-order chi connectivity index (χ0) is 11.4. The quantitative estimate of drug-likeness (QED) is 0.812. The SMILES string of the molecule is O=C(Cc1cccc(O)c1)NCC1CCC1. The number of phenolic OH excluding ortho intramolecular Hbond substituents is 1. The smallest absolute Gasteiger partial charge is 0.224 e. The average Bonchev–Trinajstić information content (AvgIpc) is 2.15. The van der Waals surface area contributed by atoms with E-state index in [4.69, 9.17) is 0 Å². The first-order valence-electron chi connectivity index (χ1n) is 5.78. The summed E-state index contributed by atoms with van der Waals surface area (Å²) >= 11 is 0. The van der Waals surface area contributed by atoms with Gasteiger partial charge in [-0.25, -0.2) is 0 Å². The van der Waals surface area contributed by atoms with Crippen LogP contribution >= 0.6 is 0 Å². The maximum atomic E-state index is 11.6. The molecule has 3 heteroatoms. The van der Waals surface area contributed by atoms with Crippen molar-refractivity contribution in [3.05, 3.63) is 29.8 Å². The molecule has 2 N–H and O–H groups in total. The molecule has 0 bridgehead atoms. The van der Waals surface area contributed by atoms with Crippen LogP contribution in [0.2, 0.25) is 0 Å². The molecule has 86 valence electrons. The van der Waals surface area contributed by atoms with Gasteiger partial charge in [-0.15, -0.1) is 0 Å². The fourth-order valence-electron chi connectivity index (χ4n) is 1.87. The van der Waals surface area contributed by atoms with E-state index in [9.17, 15) is 9.90 Å². The van der Waals surface area contributed by atoms with Gasteiger partial charge in [0.05, 0.1) is 6.42 Å². The first-order valence-corrected chi connectivity index (χ1v) is 5.78. The average molecular weight is 219 g/mol. The van der Waals surface area contributed by atoms with E-state index in [-0.39, 0.29) is 11.7 Å². The van der Waals surface area contributed by atoms with Gasteiger partial charge in [0.15, 0.2) is 0 Å². The van der Waals surface area contributed by atoms with E-state index in [1.807, 2.05) is 6.07 Å². The Balaban J connectivity index is 1.77. The van der Waals surface area contributed by atoms with E-state index >= 15 is 0 Å². The van der Waals surface area contributed by atoms with Crippen LogP contribution in [0.3, 0.4) is 0 Å². The molecule has 1 amide bonds. The van der Waals surface area contributed by atoms with Gasteiger partial charge in [-0.3, -0.25) is 4.79 Å². The number of benzene rings is 1. The second-order valence-electron chi connectivity index (χ2n) is 4.45. The summed E-state index contributed by atoms with van der Waals surface area (Å²) in [5.41, 5.74) is 0.853. The van der Waals surface area contributed by atoms with Crippen molar-refractivity contribution in [1.29, 1.82) is 0 Å². The highest BCUT2D eigenvalue weighted by Gasteiger charge is 2.17. The number of hydrogen-bond acceptors (Lipinski definition) is 2. The zero-order valence-corrected chi connectivity index (χ0v) is 9.28. The third kappa shape index (κ3) is 2.99. The molecule has 2 rings (SSSR count). The van der Waals surface area contributed by atoms with Crippen LogP contribution in [0.15, 0.2) is 24.3 Å². The Bertz CT molecular complexity index is 372. The number of rotatable bonds is 4. The molecule has 1 aliphatic carbocycles. The summed E-state index contributed by atoms with van der Waals surface area (Å²) < 4.78 is 0. The van der Waals surface area contributed by atoms with Crippen molar-refractivity contribution in [2.75, 3.05) is 6.54 Å². The summed E-state index contributed by atoms with van der Waals surface area (Å²) in [5.74, 6) is 0.940. The molecule has 0 aromatic heterocycles. The first kappa shape index (κ1) is 11.0. The fourth-order valence-corrected chi connectivity index (χ4v) is 1.87. The number of nitrogens with one attached hydrogen (secondary N) is 1. The van der Waals surface area contributed by atoms with E-state index in [1.165, 1.54) is 19.3 Å². The maximum Gasteiger partial charge on any atom is 0.224 e. The standard InChI is InChI=1S/C13H17NO2/c15-12-6-2-5-11(7-12)8-13(16)14-9-10-3-1-4-10/h2,5-7,10,15H,1,3-4,8-9H2,(H,14,16). The number of hydrogen-bond donors (Lipinski definition) is 2. The van der Waals surface area contributed by atoms with Gasteiger partial charge in [0.25, 0.3) is 0 Å². The summed E-state index contributed by atoms with van der Waals surface area (Å²) in [4.78, 5) is 11.6. The second-order valence-corrected chi connectivity index (χ2v) is 4.45. The molecular weight excluding hydrogens is 202 g/mol. The normalized spacial score (nSPS) is 15.5. The van der Waals surface area contributed by atoms with Crippen molar-refractivity contribution in [3.8, 4) is 5.75 Å². The lowest BCUT2D eigenvalue weighted by Crippen LogP contribution is -2.33. The summed E-state index contributed by atoms with van der Waals surface area (Å²) in [6.45, 7) is 0.803. The Labute approximate surface area is 95.5 Å². The molecule has 0 saturated heterocycles. The third-order valence-electron chi connectivity index (χ3n) is 3.09. The van der Waals surface area contributed by atoms with E-state index < -0.39 is 0 Å². The molecule has 1 aliphatic rings. The zero-order valence-electron chi connectivity index (χ0n) is 9.28. The van der Waals surface area contributed by atoms with Crippen molar-refractivity contribution in [2.45, 2.75) is 25.7 Å². The molecular formula is C13H17NO2. The predicted molar refractivity (Wildman–Crippen MR) is 62.2 cm³/mol. The molecule has 0 atom stereocenters. The van der Waals surface area contributed by atoms with Crippen molar-refractivity contribution >= 4 is 5.91 Å². The molecule has 0 spiro atoms. The van der Waals surface area contributed by atoms with Gasteiger partial charge in [-0.05, 0) is 36.5 Å². The number of amides is 1. The van der Waals surface area contributed by atoms with Crippen LogP contribution in [-0.4, -0.2) is 17.6 Å². The van der Waals surface area contributed by atoms with Gasteiger partial charge in [0, 0.05) is 6.54 Å². The molecule has 1 aromatic rings. The molecule has 16 heavy (non-hydrogen) atoms. The summed E-state index contributed by atoms with van der Waals surface area (Å²) in [7, 11) is 0. The monoisotopic (exact) mass is 219 g/mol. The molecule has 0 unspecified atom stereocenters. The fraction of sp³-hybridized carbons (Fsp3) is 0.462. The molecule has 0 aliphatic heterocycles. The lowest BCUT2D eigenvalue weighted by molar-refractivity contribution is -0.120. The Hall–Kier alpha value is -1.51. The Morgan fingerprint density at radius 2 is 2.25 bits per heavy atom. The topological polar surface area (TPSA) is 49.3 Å². The van der Waals surface area contributed by atoms with Gasteiger partial charge in [0.1, 0.15) is 5.75 Å². The van der Waals surface area contributed by atoms with Crippen molar-refractivity contribution in [2.24, 2.45) is 5.92 Å². The molecule has 1 saturated carbocycles. The van der Waals surface area contributed by atoms with Crippen molar-refractivity contribution in [1.82, 2.24) is 5.32 Å². The summed E-state index contributed by atoms with van der Waals surface area (Å²) in [5, 5.41) is 12.2. The number of aromatic hydroxyl groups is 1. The van der Waals surface area contributed by atoms with Gasteiger partial charge >= 0.3 is 0 Å². The first-order chi connectivity index (χ1) is 7.74. The molecule has 3 nitrogen and oxygen atoms in total. The molecule has 0 radical (unpaired) electrons. The van der Waals surface area contributed by atoms with Gasteiger partial charge < -0.3 is 10.4 Å². The molecule has 1 aromatic carbocycles. The number of carbonyl (C=O) groups excluding carboxylic acids is 1. The van der Waals surface area contributed by atoms with E-state index in [2.05, 4.69) is 5.32 Å². The summed E-state index contributed by atoms with van der Waals surface area (Å²) in [6.07, 6.45) is 4.13. The minimum atomic E-state index is 0.0394. The lowest BCUT2D eigenvalue weighted by Gasteiger charge is -2.25. The number of carbonyl (C=O) groups is 1. The van der Waals surface area contributed by atoms with Crippen molar-refractivity contribution in [3.63, 3.8) is 0 Å². The van der Waals surface area contributed by atoms with Crippen LogP contribution in [0.1, 0.15) is 24.8 Å². The predicted octanol–water partition coefficient (Wildman–Crippen LogP) is 1.85. The van der Waals surface area contributed by atoms with Crippen LogP contribution in [0, 0.1) is 5.92 Å². The van der Waals surface area contributed by atoms with Crippen molar-refractivity contribution < 1.29 is 9.90 Å². The van der Waals surface area contributed by atoms with E-state index in [0.29, 0.717) is 12.3 Å². The third-order valence-corrected chi connectivity index (χ3v) is 3.09. The Kier molecular flexibility index (Phi) is 3.44. The van der Waals surface area contributed by atoms with E-state index in [0.717, 1.165) is 12.1 Å². The van der Waals surface area contributed by atoms with E-state index in [1.54, 1.807) is 18.2 Å². The Morgan fingerprint density at radius 1 is 1.44 bits per heavy atom. The highest BCUT2D eigenvalue weighted by molar-refractivity contribution is 5.78. The highest BCUT2D eigenvalue weighted by atomic mass is 16.3. The van der Waals surface area contributed by atoms with Gasteiger partial charge in [0.2, 0.25) is 5.91 Å². The van der Waals surface area contributed by atoms with Crippen LogP contribution in [0.25, 0.3) is 0 Å². The highest BCUT2D eigenvalue weighted by Crippen LogP contribution is 2.25. The number of phenols is 1. The van der Waals surface area contributed by atoms with Crippen LogP contribution in [0.4, 0.5) is 0 Å². The summed E-state index contributed by atoms with van der Waals surface area (Å²) in [6, 6.07) is 6.84. The second kappa shape index (κ2) is 5.01. The van der Waals surface area contributed by atoms with Gasteiger partial charge in [-0.1, -0.05) is 18.6 Å². The molecule has 0 heterocycles.